The van der Waals surface area contributed by atoms with Crippen LogP contribution in [0.5, 0.6) is 0 Å². The summed E-state index contributed by atoms with van der Waals surface area (Å²) in [6, 6.07) is 0. The Hall–Kier alpha value is -1.16. The molecule has 3 unspecified atom stereocenters. The molecule has 3 atom stereocenters. The van der Waals surface area contributed by atoms with Crippen molar-refractivity contribution in [1.82, 2.24) is 0 Å². The first-order chi connectivity index (χ1) is 11.9. The maximum atomic E-state index is 12.1. The van der Waals surface area contributed by atoms with Gasteiger partial charge in [-0.25, -0.2) is 0 Å². The second-order valence-corrected chi connectivity index (χ2v) is 7.90. The molecular weight excluding hydrogens is 316 g/mol. The van der Waals surface area contributed by atoms with Gasteiger partial charge in [-0.1, -0.05) is 58.1 Å². The van der Waals surface area contributed by atoms with Crippen molar-refractivity contribution in [3.05, 3.63) is 12.2 Å². The number of aliphatic hydroxyl groups excluding tert-OH is 1. The van der Waals surface area contributed by atoms with Gasteiger partial charge in [0.15, 0.2) is 0 Å². The SMILES string of the molecule is CC(C)CCCC(O)C=CC1CCC(=O)C1CCCCCCC(=O)O. The molecule has 0 bridgehead atoms. The molecule has 0 aromatic rings. The van der Waals surface area contributed by atoms with Gasteiger partial charge in [0.1, 0.15) is 5.78 Å². The van der Waals surface area contributed by atoms with Gasteiger partial charge in [0.05, 0.1) is 6.10 Å². The van der Waals surface area contributed by atoms with Crippen LogP contribution < -0.4 is 0 Å². The van der Waals surface area contributed by atoms with Crippen LogP contribution in [0.1, 0.15) is 84.5 Å². The molecule has 4 heteroatoms. The van der Waals surface area contributed by atoms with Crippen molar-refractivity contribution in [1.29, 1.82) is 0 Å². The van der Waals surface area contributed by atoms with Gasteiger partial charge in [-0.2, -0.15) is 0 Å². The van der Waals surface area contributed by atoms with E-state index in [-0.39, 0.29) is 18.3 Å². The molecule has 144 valence electrons. The summed E-state index contributed by atoms with van der Waals surface area (Å²) in [6.07, 6.45) is 12.8. The first-order valence-electron chi connectivity index (χ1n) is 10.0. The minimum absolute atomic E-state index is 0.0959. The van der Waals surface area contributed by atoms with Crippen LogP contribution in [0.3, 0.4) is 0 Å². The van der Waals surface area contributed by atoms with Crippen LogP contribution in [-0.2, 0) is 9.59 Å². The van der Waals surface area contributed by atoms with Crippen LogP contribution in [0.25, 0.3) is 0 Å². The Morgan fingerprint density at radius 2 is 1.88 bits per heavy atom. The van der Waals surface area contributed by atoms with E-state index in [0.717, 1.165) is 57.8 Å². The van der Waals surface area contributed by atoms with Crippen molar-refractivity contribution < 1.29 is 19.8 Å². The summed E-state index contributed by atoms with van der Waals surface area (Å²) in [6.45, 7) is 4.39. The Bertz CT molecular complexity index is 428. The molecule has 1 saturated carbocycles. The highest BCUT2D eigenvalue weighted by molar-refractivity contribution is 5.83. The molecule has 1 aliphatic carbocycles. The van der Waals surface area contributed by atoms with Crippen LogP contribution in [-0.4, -0.2) is 28.1 Å². The molecule has 1 rings (SSSR count). The third-order valence-corrected chi connectivity index (χ3v) is 5.17. The molecule has 4 nitrogen and oxygen atoms in total. The van der Waals surface area contributed by atoms with Gasteiger partial charge in [-0.3, -0.25) is 9.59 Å². The first kappa shape index (κ1) is 21.9. The number of unbranched alkanes of at least 4 members (excludes halogenated alkanes) is 3. The molecule has 0 heterocycles. The Labute approximate surface area is 152 Å². The van der Waals surface area contributed by atoms with Crippen molar-refractivity contribution in [2.75, 3.05) is 0 Å². The number of carbonyl (C=O) groups is 2. The highest BCUT2D eigenvalue weighted by atomic mass is 16.4. The van der Waals surface area contributed by atoms with Gasteiger partial charge in [0.2, 0.25) is 0 Å². The van der Waals surface area contributed by atoms with Crippen LogP contribution in [0.4, 0.5) is 0 Å². The molecule has 0 amide bonds. The monoisotopic (exact) mass is 352 g/mol. The summed E-state index contributed by atoms with van der Waals surface area (Å²) in [7, 11) is 0. The lowest BCUT2D eigenvalue weighted by molar-refractivity contribution is -0.137. The first-order valence-corrected chi connectivity index (χ1v) is 10.0. The van der Waals surface area contributed by atoms with E-state index >= 15 is 0 Å². The maximum absolute atomic E-state index is 12.1. The number of hydrogen-bond donors (Lipinski definition) is 2. The summed E-state index contributed by atoms with van der Waals surface area (Å²) >= 11 is 0. The topological polar surface area (TPSA) is 74.6 Å². The van der Waals surface area contributed by atoms with E-state index in [1.807, 2.05) is 6.08 Å². The van der Waals surface area contributed by atoms with Crippen molar-refractivity contribution in [2.24, 2.45) is 17.8 Å². The van der Waals surface area contributed by atoms with Crippen molar-refractivity contribution in [3.63, 3.8) is 0 Å². The molecule has 0 radical (unpaired) electrons. The summed E-state index contributed by atoms with van der Waals surface area (Å²) in [5, 5.41) is 18.7. The van der Waals surface area contributed by atoms with E-state index < -0.39 is 12.1 Å². The highest BCUT2D eigenvalue weighted by Crippen LogP contribution is 2.34. The predicted molar refractivity (Wildman–Crippen MR) is 100 cm³/mol. The molecular formula is C21H36O4. The van der Waals surface area contributed by atoms with Gasteiger partial charge in [0, 0.05) is 18.8 Å². The normalized spacial score (nSPS) is 22.2. The number of ketones is 1. The maximum Gasteiger partial charge on any atom is 0.303 e. The molecule has 0 aromatic carbocycles. The number of rotatable bonds is 13. The third-order valence-electron chi connectivity index (χ3n) is 5.17. The summed E-state index contributed by atoms with van der Waals surface area (Å²) in [5.74, 6) is 0.658. The van der Waals surface area contributed by atoms with Crippen molar-refractivity contribution >= 4 is 11.8 Å². The van der Waals surface area contributed by atoms with Crippen molar-refractivity contribution in [2.45, 2.75) is 90.6 Å². The van der Waals surface area contributed by atoms with Crippen LogP contribution in [0, 0.1) is 17.8 Å². The molecule has 2 N–H and O–H groups in total. The molecule has 1 aliphatic rings. The van der Waals surface area contributed by atoms with Gasteiger partial charge in [0.25, 0.3) is 0 Å². The second-order valence-electron chi connectivity index (χ2n) is 7.90. The highest BCUT2D eigenvalue weighted by Gasteiger charge is 2.32. The number of hydrogen-bond acceptors (Lipinski definition) is 3. The average Bonchev–Trinajstić information content (AvgIpc) is 2.88. The quantitative estimate of drug-likeness (QED) is 0.370. The van der Waals surface area contributed by atoms with E-state index in [0.29, 0.717) is 18.1 Å². The van der Waals surface area contributed by atoms with E-state index in [4.69, 9.17) is 5.11 Å². The summed E-state index contributed by atoms with van der Waals surface area (Å²) in [4.78, 5) is 22.6. The van der Waals surface area contributed by atoms with Crippen LogP contribution >= 0.6 is 0 Å². The van der Waals surface area contributed by atoms with E-state index in [1.165, 1.54) is 0 Å². The average molecular weight is 353 g/mol. The number of aliphatic hydroxyl groups is 1. The Kier molecular flexibility index (Phi) is 10.7. The largest absolute Gasteiger partial charge is 0.481 e. The second kappa shape index (κ2) is 12.2. The Balaban J connectivity index is 2.29. The minimum Gasteiger partial charge on any atom is -0.481 e. The zero-order chi connectivity index (χ0) is 18.7. The third kappa shape index (κ3) is 9.78. The lowest BCUT2D eigenvalue weighted by Gasteiger charge is -2.15. The van der Waals surface area contributed by atoms with Gasteiger partial charge < -0.3 is 10.2 Å². The standard InChI is InChI=1S/C21H36O4/c1-16(2)8-7-9-18(22)14-12-17-13-15-20(23)19(17)10-5-3-4-6-11-21(24)25/h12,14,16-19,22H,3-11,13,15H2,1-2H3,(H,24,25). The Morgan fingerprint density at radius 3 is 2.56 bits per heavy atom. The lowest BCUT2D eigenvalue weighted by Crippen LogP contribution is -2.14. The van der Waals surface area contributed by atoms with Crippen LogP contribution in [0.2, 0.25) is 0 Å². The summed E-state index contributed by atoms with van der Waals surface area (Å²) < 4.78 is 0. The number of allylic oxidation sites excluding steroid dienone is 1. The van der Waals surface area contributed by atoms with Crippen LogP contribution in [0.15, 0.2) is 12.2 Å². The smallest absolute Gasteiger partial charge is 0.303 e. The molecule has 0 aromatic heterocycles. The Morgan fingerprint density at radius 1 is 1.16 bits per heavy atom. The fourth-order valence-corrected chi connectivity index (χ4v) is 3.64. The molecule has 0 spiro atoms. The fraction of sp³-hybridized carbons (Fsp3) is 0.810. The molecule has 25 heavy (non-hydrogen) atoms. The lowest BCUT2D eigenvalue weighted by atomic mass is 9.89. The van der Waals surface area contributed by atoms with Gasteiger partial charge >= 0.3 is 5.97 Å². The zero-order valence-electron chi connectivity index (χ0n) is 16.0. The number of Topliss-reactive ketones (excluding diaryl/α,β-unsaturated/α-hetero) is 1. The predicted octanol–water partition coefficient (Wildman–Crippen LogP) is 4.75. The molecule has 0 aliphatic heterocycles. The molecule has 1 fully saturated rings. The number of carbonyl (C=O) groups excluding carboxylic acids is 1. The van der Waals surface area contributed by atoms with Gasteiger partial charge in [-0.15, -0.1) is 0 Å². The van der Waals surface area contributed by atoms with Crippen molar-refractivity contribution in [3.8, 4) is 0 Å². The number of carboxylic acid groups (broad SMARTS) is 1. The number of aliphatic carboxylic acids is 1. The minimum atomic E-state index is -0.733. The zero-order valence-corrected chi connectivity index (χ0v) is 16.0. The number of carboxylic acids is 1. The molecule has 0 saturated heterocycles. The van der Waals surface area contributed by atoms with E-state index in [2.05, 4.69) is 19.9 Å². The van der Waals surface area contributed by atoms with E-state index in [9.17, 15) is 14.7 Å². The fourth-order valence-electron chi connectivity index (χ4n) is 3.64. The van der Waals surface area contributed by atoms with E-state index in [1.54, 1.807) is 0 Å². The summed E-state index contributed by atoms with van der Waals surface area (Å²) in [5.41, 5.74) is 0. The van der Waals surface area contributed by atoms with Gasteiger partial charge in [-0.05, 0) is 37.5 Å².